The first-order valence-electron chi connectivity index (χ1n) is 7.15. The van der Waals surface area contributed by atoms with Crippen LogP contribution in [0, 0.1) is 0 Å². The van der Waals surface area contributed by atoms with Crippen LogP contribution >= 0.6 is 0 Å². The van der Waals surface area contributed by atoms with E-state index in [0.29, 0.717) is 0 Å². The number of hydrogen-bond acceptors (Lipinski definition) is 5. The maximum absolute atomic E-state index is 5.00. The van der Waals surface area contributed by atoms with Crippen LogP contribution in [0.1, 0.15) is 0 Å². The Labute approximate surface area is 122 Å². The zero-order valence-electron chi connectivity index (χ0n) is 11.6. The summed E-state index contributed by atoms with van der Waals surface area (Å²) in [5, 5.41) is 5.06. The van der Waals surface area contributed by atoms with Gasteiger partial charge in [0, 0.05) is 43.4 Å². The van der Waals surface area contributed by atoms with Crippen molar-refractivity contribution in [2.75, 3.05) is 36.0 Å². The van der Waals surface area contributed by atoms with Crippen LogP contribution in [0.5, 0.6) is 0 Å². The molecular formula is C16H16N4O. The standard InChI is InChI=1S/C16H16N4O/c1-2-6-17-16(3-1)20-9-7-19(8-10-20)14-5-4-13-12-21-18-15(13)11-14/h1-6,11-12H,7-10H2. The van der Waals surface area contributed by atoms with Gasteiger partial charge < -0.3 is 14.3 Å². The molecule has 1 fully saturated rings. The van der Waals surface area contributed by atoms with E-state index in [-0.39, 0.29) is 0 Å². The minimum atomic E-state index is 0.916. The van der Waals surface area contributed by atoms with Crippen molar-refractivity contribution in [2.45, 2.75) is 0 Å². The highest BCUT2D eigenvalue weighted by Crippen LogP contribution is 2.23. The summed E-state index contributed by atoms with van der Waals surface area (Å²) in [5.41, 5.74) is 2.12. The number of piperazine rings is 1. The molecule has 2 aromatic heterocycles. The van der Waals surface area contributed by atoms with Crippen LogP contribution in [0.4, 0.5) is 11.5 Å². The monoisotopic (exact) mass is 280 g/mol. The first-order chi connectivity index (χ1) is 10.4. The van der Waals surface area contributed by atoms with Gasteiger partial charge in [-0.1, -0.05) is 11.2 Å². The predicted molar refractivity (Wildman–Crippen MR) is 82.7 cm³/mol. The minimum absolute atomic E-state index is 0.916. The van der Waals surface area contributed by atoms with Gasteiger partial charge in [0.25, 0.3) is 0 Å². The molecule has 1 aliphatic heterocycles. The van der Waals surface area contributed by atoms with Gasteiger partial charge in [0.2, 0.25) is 0 Å². The first kappa shape index (κ1) is 12.2. The second kappa shape index (κ2) is 5.09. The van der Waals surface area contributed by atoms with Gasteiger partial charge in [0.15, 0.2) is 0 Å². The van der Waals surface area contributed by atoms with Gasteiger partial charge in [0.05, 0.1) is 0 Å². The lowest BCUT2D eigenvalue weighted by Crippen LogP contribution is -2.46. The van der Waals surface area contributed by atoms with Gasteiger partial charge in [-0.2, -0.15) is 0 Å². The largest absolute Gasteiger partial charge is 0.368 e. The smallest absolute Gasteiger partial charge is 0.131 e. The van der Waals surface area contributed by atoms with Crippen LogP contribution in [0.2, 0.25) is 0 Å². The average molecular weight is 280 g/mol. The lowest BCUT2D eigenvalue weighted by atomic mass is 10.2. The van der Waals surface area contributed by atoms with Crippen molar-refractivity contribution in [1.82, 2.24) is 10.1 Å². The SMILES string of the molecule is c1ccc(N2CCN(c3ccc4conc4c3)CC2)nc1. The highest BCUT2D eigenvalue weighted by atomic mass is 16.5. The molecule has 3 aromatic rings. The van der Waals surface area contributed by atoms with Gasteiger partial charge >= 0.3 is 0 Å². The third-order valence-corrected chi connectivity index (χ3v) is 3.96. The first-order valence-corrected chi connectivity index (χ1v) is 7.15. The Hall–Kier alpha value is -2.56. The van der Waals surface area contributed by atoms with Crippen LogP contribution < -0.4 is 9.80 Å². The van der Waals surface area contributed by atoms with Crippen molar-refractivity contribution >= 4 is 22.4 Å². The van der Waals surface area contributed by atoms with Gasteiger partial charge in [-0.25, -0.2) is 4.98 Å². The molecule has 3 heterocycles. The number of aromatic nitrogens is 2. The summed E-state index contributed by atoms with van der Waals surface area (Å²) in [6, 6.07) is 12.3. The fourth-order valence-electron chi connectivity index (χ4n) is 2.78. The second-order valence-electron chi connectivity index (χ2n) is 5.22. The van der Waals surface area contributed by atoms with E-state index in [2.05, 4.69) is 44.2 Å². The maximum atomic E-state index is 5.00. The molecule has 0 unspecified atom stereocenters. The summed E-state index contributed by atoms with van der Waals surface area (Å²) in [6.07, 6.45) is 3.53. The quantitative estimate of drug-likeness (QED) is 0.722. The third-order valence-electron chi connectivity index (χ3n) is 3.96. The van der Waals surface area contributed by atoms with Crippen LogP contribution in [0.15, 0.2) is 53.4 Å². The Morgan fingerprint density at radius 2 is 1.81 bits per heavy atom. The highest BCUT2D eigenvalue weighted by molar-refractivity contribution is 5.81. The summed E-state index contributed by atoms with van der Waals surface area (Å²) in [6.45, 7) is 3.93. The van der Waals surface area contributed by atoms with Crippen LogP contribution in [0.25, 0.3) is 10.9 Å². The van der Waals surface area contributed by atoms with Crippen LogP contribution in [-0.2, 0) is 0 Å². The minimum Gasteiger partial charge on any atom is -0.368 e. The summed E-state index contributed by atoms with van der Waals surface area (Å²) in [7, 11) is 0. The van der Waals surface area contributed by atoms with E-state index >= 15 is 0 Å². The molecule has 106 valence electrons. The lowest BCUT2D eigenvalue weighted by Gasteiger charge is -2.36. The topological polar surface area (TPSA) is 45.4 Å². The van der Waals surface area contributed by atoms with E-state index in [9.17, 15) is 0 Å². The van der Waals surface area contributed by atoms with E-state index in [0.717, 1.165) is 42.9 Å². The fourth-order valence-corrected chi connectivity index (χ4v) is 2.78. The van der Waals surface area contributed by atoms with Gasteiger partial charge in [-0.05, 0) is 30.3 Å². The average Bonchev–Trinajstić information content (AvgIpc) is 3.03. The number of rotatable bonds is 2. The molecule has 0 N–H and O–H groups in total. The zero-order chi connectivity index (χ0) is 14.1. The molecule has 0 bridgehead atoms. The van der Waals surface area contributed by atoms with Crippen molar-refractivity contribution in [3.63, 3.8) is 0 Å². The Morgan fingerprint density at radius 3 is 2.62 bits per heavy atom. The molecule has 5 heteroatoms. The van der Waals surface area contributed by atoms with Crippen LogP contribution in [0.3, 0.4) is 0 Å². The molecule has 0 aliphatic carbocycles. The van der Waals surface area contributed by atoms with Gasteiger partial charge in [-0.15, -0.1) is 0 Å². The third kappa shape index (κ3) is 2.31. The van der Waals surface area contributed by atoms with E-state index in [4.69, 9.17) is 4.52 Å². The maximum Gasteiger partial charge on any atom is 0.131 e. The van der Waals surface area contributed by atoms with Crippen LogP contribution in [-0.4, -0.2) is 36.3 Å². The molecule has 4 rings (SSSR count). The van der Waals surface area contributed by atoms with E-state index in [1.165, 1.54) is 5.69 Å². The van der Waals surface area contributed by atoms with Crippen molar-refractivity contribution < 1.29 is 4.52 Å². The number of pyridine rings is 1. The van der Waals surface area contributed by atoms with Gasteiger partial charge in [0.1, 0.15) is 17.6 Å². The second-order valence-corrected chi connectivity index (χ2v) is 5.22. The molecule has 0 radical (unpaired) electrons. The van der Waals surface area contributed by atoms with E-state index in [1.54, 1.807) is 6.26 Å². The molecule has 1 aromatic carbocycles. The summed E-state index contributed by atoms with van der Waals surface area (Å²) >= 11 is 0. The Bertz CT molecular complexity index is 732. The van der Waals surface area contributed by atoms with Crippen molar-refractivity contribution in [1.29, 1.82) is 0 Å². The molecule has 0 atom stereocenters. The Balaban J connectivity index is 1.49. The highest BCUT2D eigenvalue weighted by Gasteiger charge is 2.18. The number of anilines is 2. The Morgan fingerprint density at radius 1 is 0.952 bits per heavy atom. The molecule has 1 saturated heterocycles. The predicted octanol–water partition coefficient (Wildman–Crippen LogP) is 2.55. The lowest BCUT2D eigenvalue weighted by molar-refractivity contribution is 0.428. The Kier molecular flexibility index (Phi) is 2.96. The summed E-state index contributed by atoms with van der Waals surface area (Å²) < 4.78 is 5.00. The molecule has 1 aliphatic rings. The summed E-state index contributed by atoms with van der Waals surface area (Å²) in [5.74, 6) is 1.06. The molecule has 5 nitrogen and oxygen atoms in total. The van der Waals surface area contributed by atoms with E-state index in [1.807, 2.05) is 18.3 Å². The van der Waals surface area contributed by atoms with Crippen molar-refractivity contribution in [3.05, 3.63) is 48.9 Å². The van der Waals surface area contributed by atoms with E-state index < -0.39 is 0 Å². The molecule has 0 amide bonds. The zero-order valence-corrected chi connectivity index (χ0v) is 11.6. The number of hydrogen-bond donors (Lipinski definition) is 0. The normalized spacial score (nSPS) is 15.6. The van der Waals surface area contributed by atoms with Gasteiger partial charge in [-0.3, -0.25) is 0 Å². The number of fused-ring (bicyclic) bond motifs is 1. The molecule has 0 spiro atoms. The number of nitrogens with zero attached hydrogens (tertiary/aromatic N) is 4. The number of benzene rings is 1. The molecular weight excluding hydrogens is 264 g/mol. The van der Waals surface area contributed by atoms with Crippen molar-refractivity contribution in [3.8, 4) is 0 Å². The molecule has 0 saturated carbocycles. The summed E-state index contributed by atoms with van der Waals surface area (Å²) in [4.78, 5) is 9.13. The fraction of sp³-hybridized carbons (Fsp3) is 0.250. The van der Waals surface area contributed by atoms with Crippen molar-refractivity contribution in [2.24, 2.45) is 0 Å². The molecule has 21 heavy (non-hydrogen) atoms.